The van der Waals surface area contributed by atoms with Gasteiger partial charge in [-0.3, -0.25) is 14.5 Å². The molecule has 1 amide bonds. The monoisotopic (exact) mass is 440 g/mol. The lowest BCUT2D eigenvalue weighted by atomic mass is 10.1. The van der Waals surface area contributed by atoms with Gasteiger partial charge in [-0.2, -0.15) is 0 Å². The molecule has 1 aromatic heterocycles. The quantitative estimate of drug-likeness (QED) is 0.431. The van der Waals surface area contributed by atoms with Gasteiger partial charge in [-0.25, -0.2) is 0 Å². The second-order valence-corrected chi connectivity index (χ2v) is 7.88. The zero-order valence-corrected chi connectivity index (χ0v) is 19.3. The summed E-state index contributed by atoms with van der Waals surface area (Å²) >= 11 is 0. The summed E-state index contributed by atoms with van der Waals surface area (Å²) in [7, 11) is 3.04. The molecule has 3 rings (SSSR count). The van der Waals surface area contributed by atoms with Gasteiger partial charge in [-0.1, -0.05) is 26.7 Å². The first-order chi connectivity index (χ1) is 15.5. The van der Waals surface area contributed by atoms with Crippen molar-refractivity contribution in [3.63, 3.8) is 0 Å². The summed E-state index contributed by atoms with van der Waals surface area (Å²) in [6.45, 7) is 6.43. The molecule has 0 bridgehead atoms. The lowest BCUT2D eigenvalue weighted by Gasteiger charge is -2.21. The summed E-state index contributed by atoms with van der Waals surface area (Å²) in [4.78, 5) is 28.1. The van der Waals surface area contributed by atoms with Gasteiger partial charge in [-0.15, -0.1) is 0 Å². The SMILES string of the molecule is CCCCN(CCCC)CC(=O)Nc1ccc2oc3cc(OC)cc(OC)c3c(=O)c2c1. The number of benzene rings is 2. The van der Waals surface area contributed by atoms with E-state index in [0.29, 0.717) is 45.7 Å². The van der Waals surface area contributed by atoms with Crippen LogP contribution in [0.2, 0.25) is 0 Å². The summed E-state index contributed by atoms with van der Waals surface area (Å²) in [6, 6.07) is 8.41. The highest BCUT2D eigenvalue weighted by atomic mass is 16.5. The van der Waals surface area contributed by atoms with Crippen molar-refractivity contribution in [1.29, 1.82) is 0 Å². The highest BCUT2D eigenvalue weighted by Crippen LogP contribution is 2.31. The van der Waals surface area contributed by atoms with E-state index in [9.17, 15) is 9.59 Å². The van der Waals surface area contributed by atoms with Gasteiger partial charge in [0.15, 0.2) is 0 Å². The van der Waals surface area contributed by atoms with Crippen LogP contribution in [-0.2, 0) is 4.79 Å². The molecular formula is C25H32N2O5. The number of carbonyl (C=O) groups excluding carboxylic acids is 1. The Bertz CT molecular complexity index is 1130. The van der Waals surface area contributed by atoms with Gasteiger partial charge in [0.25, 0.3) is 0 Å². The van der Waals surface area contributed by atoms with Crippen LogP contribution in [0.4, 0.5) is 5.69 Å². The minimum absolute atomic E-state index is 0.0935. The lowest BCUT2D eigenvalue weighted by molar-refractivity contribution is -0.117. The first-order valence-electron chi connectivity index (χ1n) is 11.2. The van der Waals surface area contributed by atoms with Crippen molar-refractivity contribution in [2.75, 3.05) is 39.2 Å². The minimum atomic E-state index is -0.218. The smallest absolute Gasteiger partial charge is 0.238 e. The van der Waals surface area contributed by atoms with E-state index in [-0.39, 0.29) is 11.3 Å². The van der Waals surface area contributed by atoms with Crippen molar-refractivity contribution in [2.45, 2.75) is 39.5 Å². The van der Waals surface area contributed by atoms with Gasteiger partial charge in [0, 0.05) is 17.8 Å². The molecule has 0 aliphatic rings. The number of amides is 1. The molecule has 0 spiro atoms. The van der Waals surface area contributed by atoms with Crippen molar-refractivity contribution < 1.29 is 18.7 Å². The van der Waals surface area contributed by atoms with E-state index in [4.69, 9.17) is 13.9 Å². The van der Waals surface area contributed by atoms with Crippen molar-refractivity contribution in [3.8, 4) is 11.5 Å². The Kier molecular flexibility index (Phi) is 8.11. The van der Waals surface area contributed by atoms with Crippen molar-refractivity contribution in [3.05, 3.63) is 40.6 Å². The van der Waals surface area contributed by atoms with Crippen molar-refractivity contribution >= 4 is 33.5 Å². The predicted molar refractivity (Wildman–Crippen MR) is 128 cm³/mol. The van der Waals surface area contributed by atoms with E-state index in [1.54, 1.807) is 37.4 Å². The molecule has 0 radical (unpaired) electrons. The molecule has 1 heterocycles. The highest BCUT2D eigenvalue weighted by Gasteiger charge is 2.16. The number of unbranched alkanes of at least 4 members (excludes halogenated alkanes) is 2. The molecule has 1 N–H and O–H groups in total. The van der Waals surface area contributed by atoms with Crippen LogP contribution in [0, 0.1) is 0 Å². The number of carbonyl (C=O) groups is 1. The third-order valence-electron chi connectivity index (χ3n) is 5.47. The molecule has 0 saturated carbocycles. The van der Waals surface area contributed by atoms with Gasteiger partial charge >= 0.3 is 0 Å². The summed E-state index contributed by atoms with van der Waals surface area (Å²) < 4.78 is 16.6. The molecule has 0 fully saturated rings. The number of hydrogen-bond acceptors (Lipinski definition) is 6. The molecule has 32 heavy (non-hydrogen) atoms. The number of hydrogen-bond donors (Lipinski definition) is 1. The molecular weight excluding hydrogens is 408 g/mol. The Balaban J connectivity index is 1.88. The maximum atomic E-state index is 13.2. The number of anilines is 1. The van der Waals surface area contributed by atoms with Crippen LogP contribution in [0.3, 0.4) is 0 Å². The summed E-state index contributed by atoms with van der Waals surface area (Å²) in [5.74, 6) is 0.826. The van der Waals surface area contributed by atoms with E-state index in [1.807, 2.05) is 0 Å². The third kappa shape index (κ3) is 5.40. The van der Waals surface area contributed by atoms with E-state index >= 15 is 0 Å². The maximum absolute atomic E-state index is 13.2. The Labute approximate surface area is 188 Å². The van der Waals surface area contributed by atoms with Crippen LogP contribution in [0.15, 0.2) is 39.5 Å². The number of nitrogens with zero attached hydrogens (tertiary/aromatic N) is 1. The molecule has 0 aliphatic heterocycles. The van der Waals surface area contributed by atoms with Gasteiger partial charge in [0.1, 0.15) is 28.1 Å². The standard InChI is InChI=1S/C25H32N2O5/c1-5-7-11-27(12-8-6-2)16-23(28)26-17-9-10-20-19(13-17)25(29)24-21(31-4)14-18(30-3)15-22(24)32-20/h9-10,13-15H,5-8,11-12,16H2,1-4H3,(H,26,28). The number of ether oxygens (including phenoxy) is 2. The first kappa shape index (κ1) is 23.6. The Morgan fingerprint density at radius 2 is 1.72 bits per heavy atom. The van der Waals surface area contributed by atoms with E-state index in [2.05, 4.69) is 24.1 Å². The second-order valence-electron chi connectivity index (χ2n) is 7.88. The average Bonchev–Trinajstić information content (AvgIpc) is 2.80. The molecule has 0 aliphatic carbocycles. The summed E-state index contributed by atoms with van der Waals surface area (Å²) in [5.41, 5.74) is 1.17. The molecule has 7 nitrogen and oxygen atoms in total. The summed E-state index contributed by atoms with van der Waals surface area (Å²) in [6.07, 6.45) is 4.31. The van der Waals surface area contributed by atoms with Crippen LogP contribution in [0.1, 0.15) is 39.5 Å². The average molecular weight is 441 g/mol. The van der Waals surface area contributed by atoms with Crippen LogP contribution in [0.25, 0.3) is 21.9 Å². The van der Waals surface area contributed by atoms with E-state index in [0.717, 1.165) is 38.8 Å². The molecule has 0 atom stereocenters. The van der Waals surface area contributed by atoms with Crippen LogP contribution >= 0.6 is 0 Å². The molecule has 2 aromatic carbocycles. The van der Waals surface area contributed by atoms with Gasteiger partial charge in [-0.05, 0) is 44.1 Å². The van der Waals surface area contributed by atoms with Crippen LogP contribution in [-0.4, -0.2) is 44.7 Å². The molecule has 7 heteroatoms. The molecule has 0 saturated heterocycles. The number of rotatable bonds is 11. The highest BCUT2D eigenvalue weighted by molar-refractivity contribution is 5.98. The fraction of sp³-hybridized carbons (Fsp3) is 0.440. The van der Waals surface area contributed by atoms with Gasteiger partial charge in [0.05, 0.1) is 26.2 Å². The molecule has 3 aromatic rings. The Hall–Kier alpha value is -3.06. The van der Waals surface area contributed by atoms with Crippen molar-refractivity contribution in [1.82, 2.24) is 4.90 Å². The van der Waals surface area contributed by atoms with Gasteiger partial charge < -0.3 is 19.2 Å². The zero-order valence-electron chi connectivity index (χ0n) is 19.3. The number of nitrogens with one attached hydrogen (secondary N) is 1. The van der Waals surface area contributed by atoms with Gasteiger partial charge in [0.2, 0.25) is 11.3 Å². The first-order valence-corrected chi connectivity index (χ1v) is 11.2. The molecule has 172 valence electrons. The zero-order chi connectivity index (χ0) is 23.1. The fourth-order valence-electron chi connectivity index (χ4n) is 3.71. The number of fused-ring (bicyclic) bond motifs is 2. The lowest BCUT2D eigenvalue weighted by Crippen LogP contribution is -2.34. The predicted octanol–water partition coefficient (Wildman–Crippen LogP) is 4.80. The van der Waals surface area contributed by atoms with E-state index in [1.165, 1.54) is 7.11 Å². The largest absolute Gasteiger partial charge is 0.496 e. The minimum Gasteiger partial charge on any atom is -0.496 e. The Morgan fingerprint density at radius 3 is 2.34 bits per heavy atom. The number of methoxy groups -OCH3 is 2. The second kappa shape index (κ2) is 11.0. The van der Waals surface area contributed by atoms with E-state index < -0.39 is 0 Å². The summed E-state index contributed by atoms with van der Waals surface area (Å²) in [5, 5.41) is 3.65. The van der Waals surface area contributed by atoms with Crippen LogP contribution < -0.4 is 20.2 Å². The maximum Gasteiger partial charge on any atom is 0.238 e. The van der Waals surface area contributed by atoms with Crippen molar-refractivity contribution in [2.24, 2.45) is 0 Å². The topological polar surface area (TPSA) is 81.0 Å². The third-order valence-corrected chi connectivity index (χ3v) is 5.47. The normalized spacial score (nSPS) is 11.3. The fourth-order valence-corrected chi connectivity index (χ4v) is 3.71. The molecule has 0 unspecified atom stereocenters. The Morgan fingerprint density at radius 1 is 1.00 bits per heavy atom. The van der Waals surface area contributed by atoms with Crippen LogP contribution in [0.5, 0.6) is 11.5 Å².